The number of nitrogens with zero attached hydrogens (tertiary/aromatic N) is 2. The Hall–Kier alpha value is -1.53. The summed E-state index contributed by atoms with van der Waals surface area (Å²) in [5, 5.41) is 2.59. The van der Waals surface area contributed by atoms with E-state index in [2.05, 4.69) is 22.2 Å². The second-order valence-corrected chi connectivity index (χ2v) is 4.54. The third-order valence-electron chi connectivity index (χ3n) is 2.78. The Balaban J connectivity index is 0.00000324. The molecule has 0 radical (unpaired) electrons. The highest BCUT2D eigenvalue weighted by atomic mass is 16.2. The Morgan fingerprint density at radius 1 is 1.47 bits per heavy atom. The lowest BCUT2D eigenvalue weighted by atomic mass is 10.1. The molecule has 1 aromatic heterocycles. The van der Waals surface area contributed by atoms with Gasteiger partial charge in [0.2, 0.25) is 11.9 Å². The van der Waals surface area contributed by atoms with E-state index in [9.17, 15) is 4.79 Å². The zero-order valence-electron chi connectivity index (χ0n) is 11.9. The third kappa shape index (κ3) is 5.76. The summed E-state index contributed by atoms with van der Waals surface area (Å²) in [5.74, 6) is 0.0576. The molecular weight excluding hydrogens is 244 g/mol. The van der Waals surface area contributed by atoms with Crippen LogP contribution in [-0.2, 0) is 11.2 Å². The Morgan fingerprint density at radius 2 is 2.16 bits per heavy atom. The van der Waals surface area contributed by atoms with Crippen LogP contribution in [0.5, 0.6) is 0 Å². The predicted molar refractivity (Wildman–Crippen MR) is 75.9 cm³/mol. The summed E-state index contributed by atoms with van der Waals surface area (Å²) in [7, 11) is 0. The van der Waals surface area contributed by atoms with Crippen molar-refractivity contribution in [3.05, 3.63) is 17.5 Å². The molecule has 0 fully saturated rings. The average Bonchev–Trinajstić information content (AvgIpc) is 2.32. The standard InChI is InChI=1S/C13H22N4O.H2O/c1-4-5-6-7-11-8-15-13(16-10(11)3)17-12(18)9(2)14;/h8-9H,4-7,14H2,1-3H3,(H,15,16,17,18);1H2. The van der Waals surface area contributed by atoms with Crippen molar-refractivity contribution >= 4 is 11.9 Å². The van der Waals surface area contributed by atoms with E-state index in [-0.39, 0.29) is 11.4 Å². The third-order valence-corrected chi connectivity index (χ3v) is 2.78. The number of carbonyl (C=O) groups is 1. The Labute approximate surface area is 114 Å². The smallest absolute Gasteiger partial charge is 0.243 e. The summed E-state index contributed by atoms with van der Waals surface area (Å²) < 4.78 is 0. The summed E-state index contributed by atoms with van der Waals surface area (Å²) in [5.41, 5.74) is 7.52. The average molecular weight is 268 g/mol. The largest absolute Gasteiger partial charge is 0.412 e. The minimum Gasteiger partial charge on any atom is -0.412 e. The number of nitrogens with one attached hydrogen (secondary N) is 1. The fourth-order valence-corrected chi connectivity index (χ4v) is 1.59. The summed E-state index contributed by atoms with van der Waals surface area (Å²) in [4.78, 5) is 19.8. The summed E-state index contributed by atoms with van der Waals surface area (Å²) in [6.45, 7) is 5.74. The maximum absolute atomic E-state index is 11.4. The minimum absolute atomic E-state index is 0. The molecule has 1 aromatic rings. The number of carbonyl (C=O) groups excluding carboxylic acids is 1. The second-order valence-electron chi connectivity index (χ2n) is 4.54. The number of amides is 1. The van der Waals surface area contributed by atoms with Gasteiger partial charge in [-0.3, -0.25) is 10.1 Å². The lowest BCUT2D eigenvalue weighted by Gasteiger charge is -2.09. The van der Waals surface area contributed by atoms with Gasteiger partial charge in [0, 0.05) is 11.9 Å². The topological polar surface area (TPSA) is 112 Å². The monoisotopic (exact) mass is 268 g/mol. The van der Waals surface area contributed by atoms with E-state index < -0.39 is 6.04 Å². The molecule has 0 aliphatic rings. The zero-order chi connectivity index (χ0) is 13.5. The van der Waals surface area contributed by atoms with Gasteiger partial charge in [-0.1, -0.05) is 19.8 Å². The van der Waals surface area contributed by atoms with E-state index in [1.165, 1.54) is 12.8 Å². The number of nitrogens with two attached hydrogens (primary N) is 1. The minimum atomic E-state index is -0.557. The Kier molecular flexibility index (Phi) is 7.86. The van der Waals surface area contributed by atoms with Gasteiger partial charge < -0.3 is 11.2 Å². The van der Waals surface area contributed by atoms with Crippen LogP contribution in [0, 0.1) is 6.92 Å². The van der Waals surface area contributed by atoms with Crippen molar-refractivity contribution in [3.8, 4) is 0 Å². The van der Waals surface area contributed by atoms with Gasteiger partial charge in [-0.25, -0.2) is 9.97 Å². The van der Waals surface area contributed by atoms with Crippen LogP contribution in [0.15, 0.2) is 6.20 Å². The van der Waals surface area contributed by atoms with Gasteiger partial charge in [0.25, 0.3) is 0 Å². The number of hydrogen-bond donors (Lipinski definition) is 2. The van der Waals surface area contributed by atoms with Gasteiger partial charge in [0.05, 0.1) is 6.04 Å². The molecule has 0 spiro atoms. The van der Waals surface area contributed by atoms with Gasteiger partial charge in [0.15, 0.2) is 0 Å². The molecule has 0 aliphatic heterocycles. The van der Waals surface area contributed by atoms with E-state index in [0.717, 1.165) is 24.1 Å². The molecule has 19 heavy (non-hydrogen) atoms. The van der Waals surface area contributed by atoms with Gasteiger partial charge in [-0.15, -0.1) is 0 Å². The molecule has 1 rings (SSSR count). The van der Waals surface area contributed by atoms with E-state index in [0.29, 0.717) is 5.95 Å². The summed E-state index contributed by atoms with van der Waals surface area (Å²) in [6.07, 6.45) is 6.33. The number of hydrogen-bond acceptors (Lipinski definition) is 4. The van der Waals surface area contributed by atoms with Crippen LogP contribution >= 0.6 is 0 Å². The molecule has 6 heteroatoms. The Morgan fingerprint density at radius 3 is 2.68 bits per heavy atom. The van der Waals surface area contributed by atoms with Gasteiger partial charge >= 0.3 is 0 Å². The van der Waals surface area contributed by atoms with Crippen molar-refractivity contribution in [1.82, 2.24) is 9.97 Å². The molecule has 1 amide bonds. The normalized spacial score (nSPS) is 11.6. The first-order valence-electron chi connectivity index (χ1n) is 6.43. The molecule has 0 saturated carbocycles. The molecular formula is C13H24N4O2. The van der Waals surface area contributed by atoms with Crippen molar-refractivity contribution in [3.63, 3.8) is 0 Å². The fraction of sp³-hybridized carbons (Fsp3) is 0.615. The van der Waals surface area contributed by atoms with Crippen LogP contribution in [0.4, 0.5) is 5.95 Å². The van der Waals surface area contributed by atoms with Crippen molar-refractivity contribution < 1.29 is 10.3 Å². The molecule has 0 aliphatic carbocycles. The number of unbranched alkanes of at least 4 members (excludes halogenated alkanes) is 2. The quantitative estimate of drug-likeness (QED) is 0.749. The van der Waals surface area contributed by atoms with Crippen molar-refractivity contribution in [1.29, 1.82) is 0 Å². The zero-order valence-corrected chi connectivity index (χ0v) is 11.9. The molecule has 0 bridgehead atoms. The molecule has 0 aromatic carbocycles. The van der Waals surface area contributed by atoms with Gasteiger partial charge in [-0.2, -0.15) is 0 Å². The molecule has 1 unspecified atom stereocenters. The molecule has 0 saturated heterocycles. The molecule has 5 N–H and O–H groups in total. The first-order chi connectivity index (χ1) is 8.54. The summed E-state index contributed by atoms with van der Waals surface area (Å²) >= 11 is 0. The maximum atomic E-state index is 11.4. The van der Waals surface area contributed by atoms with E-state index in [1.54, 1.807) is 13.1 Å². The van der Waals surface area contributed by atoms with Crippen molar-refractivity contribution in [2.24, 2.45) is 5.73 Å². The highest BCUT2D eigenvalue weighted by Gasteiger charge is 2.10. The van der Waals surface area contributed by atoms with Crippen molar-refractivity contribution in [2.45, 2.75) is 52.5 Å². The molecule has 1 heterocycles. The summed E-state index contributed by atoms with van der Waals surface area (Å²) in [6, 6.07) is -0.557. The van der Waals surface area contributed by atoms with Crippen LogP contribution in [0.1, 0.15) is 44.4 Å². The van der Waals surface area contributed by atoms with Crippen molar-refractivity contribution in [2.75, 3.05) is 5.32 Å². The van der Waals surface area contributed by atoms with Crippen LogP contribution in [-0.4, -0.2) is 27.4 Å². The highest BCUT2D eigenvalue weighted by molar-refractivity contribution is 5.92. The van der Waals surface area contributed by atoms with Crippen LogP contribution in [0.3, 0.4) is 0 Å². The second kappa shape index (κ2) is 8.55. The molecule has 1 atom stereocenters. The first-order valence-corrected chi connectivity index (χ1v) is 6.43. The van der Waals surface area contributed by atoms with Crippen LogP contribution in [0.25, 0.3) is 0 Å². The number of aromatic nitrogens is 2. The molecule has 108 valence electrons. The highest BCUT2D eigenvalue weighted by Crippen LogP contribution is 2.11. The predicted octanol–water partition coefficient (Wildman–Crippen LogP) is 0.979. The number of aryl methyl sites for hydroxylation is 2. The Bertz CT molecular complexity index is 408. The van der Waals surface area contributed by atoms with Crippen LogP contribution < -0.4 is 11.1 Å². The SMILES string of the molecule is CCCCCc1cnc(NC(=O)C(C)N)nc1C.O. The van der Waals surface area contributed by atoms with Gasteiger partial charge in [0.1, 0.15) is 0 Å². The first kappa shape index (κ1) is 17.5. The van der Waals surface area contributed by atoms with E-state index >= 15 is 0 Å². The van der Waals surface area contributed by atoms with E-state index in [1.807, 2.05) is 6.92 Å². The molecule has 6 nitrogen and oxygen atoms in total. The van der Waals surface area contributed by atoms with E-state index in [4.69, 9.17) is 5.73 Å². The lowest BCUT2D eigenvalue weighted by Crippen LogP contribution is -2.33. The fourth-order valence-electron chi connectivity index (χ4n) is 1.59. The van der Waals surface area contributed by atoms with Gasteiger partial charge in [-0.05, 0) is 32.3 Å². The maximum Gasteiger partial charge on any atom is 0.243 e. The van der Waals surface area contributed by atoms with Crippen LogP contribution in [0.2, 0.25) is 0 Å². The number of rotatable bonds is 6. The number of anilines is 1. The lowest BCUT2D eigenvalue weighted by molar-refractivity contribution is -0.117.